The topological polar surface area (TPSA) is 38.3 Å². The normalized spacial score (nSPS) is 13.9. The van der Waals surface area contributed by atoms with Gasteiger partial charge in [0.2, 0.25) is 5.91 Å². The van der Waals surface area contributed by atoms with Crippen LogP contribution in [0.2, 0.25) is 0 Å². The number of ether oxygens (including phenoxy) is 1. The zero-order chi connectivity index (χ0) is 12.8. The van der Waals surface area contributed by atoms with E-state index in [0.717, 1.165) is 6.42 Å². The monoisotopic (exact) mass is 229 g/mol. The third-order valence-corrected chi connectivity index (χ3v) is 2.97. The first-order chi connectivity index (χ1) is 7.30. The molecule has 1 amide bonds. The van der Waals surface area contributed by atoms with Gasteiger partial charge in [-0.3, -0.25) is 4.79 Å². The summed E-state index contributed by atoms with van der Waals surface area (Å²) in [5, 5.41) is 2.96. The highest BCUT2D eigenvalue weighted by atomic mass is 16.5. The van der Waals surface area contributed by atoms with E-state index in [1.807, 2.05) is 13.8 Å². The van der Waals surface area contributed by atoms with Crippen LogP contribution in [0.3, 0.4) is 0 Å². The maximum absolute atomic E-state index is 11.7. The molecular formula is C13H27NO2. The Balaban J connectivity index is 3.86. The number of hydrogen-bond acceptors (Lipinski definition) is 2. The van der Waals surface area contributed by atoms with Gasteiger partial charge in [-0.15, -0.1) is 0 Å². The van der Waals surface area contributed by atoms with E-state index in [0.29, 0.717) is 19.1 Å². The summed E-state index contributed by atoms with van der Waals surface area (Å²) in [6, 6.07) is 0. The van der Waals surface area contributed by atoms with Crippen LogP contribution >= 0.6 is 0 Å². The summed E-state index contributed by atoms with van der Waals surface area (Å²) >= 11 is 0. The SMILES string of the molecule is CCOC(C)(C)CCNC(=O)C(C)C(C)C. The molecule has 0 radical (unpaired) electrons. The van der Waals surface area contributed by atoms with E-state index in [1.54, 1.807) is 0 Å². The van der Waals surface area contributed by atoms with Gasteiger partial charge in [-0.25, -0.2) is 0 Å². The fourth-order valence-corrected chi connectivity index (χ4v) is 1.41. The van der Waals surface area contributed by atoms with Gasteiger partial charge >= 0.3 is 0 Å². The molecule has 1 N–H and O–H groups in total. The zero-order valence-corrected chi connectivity index (χ0v) is 11.6. The molecule has 1 unspecified atom stereocenters. The van der Waals surface area contributed by atoms with Crippen molar-refractivity contribution in [3.8, 4) is 0 Å². The van der Waals surface area contributed by atoms with Gasteiger partial charge in [-0.2, -0.15) is 0 Å². The molecule has 3 heteroatoms. The third-order valence-electron chi connectivity index (χ3n) is 2.97. The Morgan fingerprint density at radius 1 is 1.31 bits per heavy atom. The van der Waals surface area contributed by atoms with E-state index in [-0.39, 0.29) is 17.4 Å². The van der Waals surface area contributed by atoms with E-state index in [4.69, 9.17) is 4.74 Å². The molecule has 0 fully saturated rings. The summed E-state index contributed by atoms with van der Waals surface area (Å²) in [6.45, 7) is 13.6. The van der Waals surface area contributed by atoms with Crippen molar-refractivity contribution in [3.05, 3.63) is 0 Å². The number of hydrogen-bond donors (Lipinski definition) is 1. The molecule has 0 aliphatic carbocycles. The average Bonchev–Trinajstić information content (AvgIpc) is 2.15. The van der Waals surface area contributed by atoms with Gasteiger partial charge in [-0.1, -0.05) is 20.8 Å². The minimum absolute atomic E-state index is 0.0789. The standard InChI is InChI=1S/C13H27NO2/c1-7-16-13(5,6)8-9-14-12(15)11(4)10(2)3/h10-11H,7-9H2,1-6H3,(H,14,15). The molecule has 0 aromatic carbocycles. The van der Waals surface area contributed by atoms with Gasteiger partial charge in [0, 0.05) is 19.1 Å². The molecule has 0 saturated carbocycles. The van der Waals surface area contributed by atoms with Crippen LogP contribution in [-0.4, -0.2) is 24.7 Å². The van der Waals surface area contributed by atoms with Gasteiger partial charge < -0.3 is 10.1 Å². The minimum Gasteiger partial charge on any atom is -0.376 e. The summed E-state index contributed by atoms with van der Waals surface area (Å²) in [5.41, 5.74) is -0.150. The molecule has 3 nitrogen and oxygen atoms in total. The van der Waals surface area contributed by atoms with Gasteiger partial charge in [0.25, 0.3) is 0 Å². The van der Waals surface area contributed by atoms with Crippen LogP contribution in [0.4, 0.5) is 0 Å². The molecule has 0 rings (SSSR count). The van der Waals surface area contributed by atoms with Gasteiger partial charge in [0.1, 0.15) is 0 Å². The summed E-state index contributed by atoms with van der Waals surface area (Å²) < 4.78 is 5.57. The lowest BCUT2D eigenvalue weighted by Crippen LogP contribution is -2.36. The first-order valence-corrected chi connectivity index (χ1v) is 6.22. The van der Waals surface area contributed by atoms with E-state index in [1.165, 1.54) is 0 Å². The molecule has 16 heavy (non-hydrogen) atoms. The second-order valence-corrected chi connectivity index (χ2v) is 5.27. The summed E-state index contributed by atoms with van der Waals surface area (Å²) in [5.74, 6) is 0.609. The molecule has 0 spiro atoms. The Kier molecular flexibility index (Phi) is 6.65. The molecule has 0 aromatic rings. The fraction of sp³-hybridized carbons (Fsp3) is 0.923. The predicted octanol–water partition coefficient (Wildman–Crippen LogP) is 2.60. The first-order valence-electron chi connectivity index (χ1n) is 6.22. The number of carbonyl (C=O) groups excluding carboxylic acids is 1. The average molecular weight is 229 g/mol. The predicted molar refractivity (Wildman–Crippen MR) is 67.3 cm³/mol. The van der Waals surface area contributed by atoms with Gasteiger partial charge in [0.05, 0.1) is 5.60 Å². The highest BCUT2D eigenvalue weighted by molar-refractivity contribution is 5.78. The van der Waals surface area contributed by atoms with Gasteiger partial charge in [0.15, 0.2) is 0 Å². The first kappa shape index (κ1) is 15.4. The Morgan fingerprint density at radius 2 is 1.88 bits per heavy atom. The Hall–Kier alpha value is -0.570. The molecule has 1 atom stereocenters. The van der Waals surface area contributed by atoms with Crippen LogP contribution in [0, 0.1) is 11.8 Å². The lowest BCUT2D eigenvalue weighted by molar-refractivity contribution is -0.125. The number of rotatable bonds is 7. The van der Waals surface area contributed by atoms with Crippen LogP contribution < -0.4 is 5.32 Å². The maximum Gasteiger partial charge on any atom is 0.223 e. The van der Waals surface area contributed by atoms with Crippen LogP contribution in [0.15, 0.2) is 0 Å². The van der Waals surface area contributed by atoms with Gasteiger partial charge in [-0.05, 0) is 33.1 Å². The molecule has 0 saturated heterocycles. The molecule has 0 aliphatic heterocycles. The molecule has 0 aromatic heterocycles. The van der Waals surface area contributed by atoms with Crippen molar-refractivity contribution in [2.45, 2.75) is 53.6 Å². The zero-order valence-electron chi connectivity index (χ0n) is 11.6. The highest BCUT2D eigenvalue weighted by Gasteiger charge is 2.19. The van der Waals surface area contributed by atoms with E-state index in [2.05, 4.69) is 33.0 Å². The molecular weight excluding hydrogens is 202 g/mol. The molecule has 0 heterocycles. The number of amides is 1. The summed E-state index contributed by atoms with van der Waals surface area (Å²) in [6.07, 6.45) is 0.845. The second kappa shape index (κ2) is 6.89. The van der Waals surface area contributed by atoms with E-state index < -0.39 is 0 Å². The van der Waals surface area contributed by atoms with Crippen molar-refractivity contribution in [2.24, 2.45) is 11.8 Å². The van der Waals surface area contributed by atoms with Crippen LogP contribution in [0.5, 0.6) is 0 Å². The van der Waals surface area contributed by atoms with Crippen molar-refractivity contribution in [2.75, 3.05) is 13.2 Å². The van der Waals surface area contributed by atoms with Crippen molar-refractivity contribution in [3.63, 3.8) is 0 Å². The van der Waals surface area contributed by atoms with Crippen molar-refractivity contribution in [1.29, 1.82) is 0 Å². The lowest BCUT2D eigenvalue weighted by atomic mass is 9.97. The fourth-order valence-electron chi connectivity index (χ4n) is 1.41. The van der Waals surface area contributed by atoms with Crippen LogP contribution in [0.1, 0.15) is 48.0 Å². The quantitative estimate of drug-likeness (QED) is 0.728. The Labute approximate surface area is 99.9 Å². The largest absolute Gasteiger partial charge is 0.376 e. The van der Waals surface area contributed by atoms with Crippen LogP contribution in [-0.2, 0) is 9.53 Å². The summed E-state index contributed by atoms with van der Waals surface area (Å²) in [7, 11) is 0. The van der Waals surface area contributed by atoms with Crippen molar-refractivity contribution in [1.82, 2.24) is 5.32 Å². The Morgan fingerprint density at radius 3 is 2.31 bits per heavy atom. The molecule has 0 bridgehead atoms. The molecule has 96 valence electrons. The third kappa shape index (κ3) is 6.11. The highest BCUT2D eigenvalue weighted by Crippen LogP contribution is 2.14. The lowest BCUT2D eigenvalue weighted by Gasteiger charge is -2.25. The smallest absolute Gasteiger partial charge is 0.223 e. The van der Waals surface area contributed by atoms with Crippen molar-refractivity contribution >= 4 is 5.91 Å². The van der Waals surface area contributed by atoms with Crippen LogP contribution in [0.25, 0.3) is 0 Å². The maximum atomic E-state index is 11.7. The number of carbonyl (C=O) groups is 1. The van der Waals surface area contributed by atoms with E-state index >= 15 is 0 Å². The number of nitrogens with one attached hydrogen (secondary N) is 1. The van der Waals surface area contributed by atoms with E-state index in [9.17, 15) is 4.79 Å². The van der Waals surface area contributed by atoms with Crippen molar-refractivity contribution < 1.29 is 9.53 Å². The Bertz CT molecular complexity index is 212. The minimum atomic E-state index is -0.150. The molecule has 0 aliphatic rings. The summed E-state index contributed by atoms with van der Waals surface area (Å²) in [4.78, 5) is 11.7. The second-order valence-electron chi connectivity index (χ2n) is 5.27.